The Labute approximate surface area is 120 Å². The molecule has 110 valence electrons. The van der Waals surface area contributed by atoms with Gasteiger partial charge in [0.15, 0.2) is 0 Å². The first kappa shape index (κ1) is 14.9. The summed E-state index contributed by atoms with van der Waals surface area (Å²) in [5.41, 5.74) is 0.752. The maximum absolute atomic E-state index is 12.3. The fraction of sp³-hybridized carbons (Fsp3) is 0.667. The van der Waals surface area contributed by atoms with Crippen molar-refractivity contribution >= 4 is 5.91 Å². The van der Waals surface area contributed by atoms with Gasteiger partial charge in [-0.25, -0.2) is 0 Å². The normalized spacial score (nSPS) is 22.8. The minimum absolute atomic E-state index is 0.0968. The third-order valence-corrected chi connectivity index (χ3v) is 4.31. The zero-order chi connectivity index (χ0) is 14.4. The van der Waals surface area contributed by atoms with Gasteiger partial charge in [-0.2, -0.15) is 0 Å². The molecule has 0 saturated carbocycles. The molecule has 0 aliphatic carbocycles. The van der Waals surface area contributed by atoms with E-state index in [1.165, 1.54) is 0 Å². The van der Waals surface area contributed by atoms with E-state index in [4.69, 9.17) is 0 Å². The molecule has 1 fully saturated rings. The molecule has 1 atom stereocenters. The Morgan fingerprint density at radius 1 is 1.50 bits per heavy atom. The van der Waals surface area contributed by atoms with E-state index < -0.39 is 0 Å². The van der Waals surface area contributed by atoms with Crippen LogP contribution in [-0.2, 0) is 11.2 Å². The van der Waals surface area contributed by atoms with Gasteiger partial charge in [-0.1, -0.05) is 6.92 Å². The highest BCUT2D eigenvalue weighted by atomic mass is 16.3. The molecule has 0 spiro atoms. The van der Waals surface area contributed by atoms with Crippen molar-refractivity contribution < 1.29 is 9.90 Å². The fourth-order valence-corrected chi connectivity index (χ4v) is 2.80. The number of aromatic nitrogens is 2. The number of hydrogen-bond donors (Lipinski definition) is 1. The summed E-state index contributed by atoms with van der Waals surface area (Å²) in [6.45, 7) is 3.74. The van der Waals surface area contributed by atoms with Gasteiger partial charge >= 0.3 is 0 Å². The molecule has 1 aliphatic rings. The van der Waals surface area contributed by atoms with Gasteiger partial charge in [0.2, 0.25) is 5.91 Å². The molecule has 2 heterocycles. The summed E-state index contributed by atoms with van der Waals surface area (Å²) in [5.74, 6) is 0.154. The minimum Gasteiger partial charge on any atom is -0.396 e. The second-order valence-corrected chi connectivity index (χ2v) is 5.63. The second-order valence-electron chi connectivity index (χ2n) is 5.63. The Kier molecular flexibility index (Phi) is 5.06. The molecule has 0 bridgehead atoms. The van der Waals surface area contributed by atoms with Gasteiger partial charge in [0.25, 0.3) is 0 Å². The van der Waals surface area contributed by atoms with Gasteiger partial charge in [-0.3, -0.25) is 14.8 Å². The van der Waals surface area contributed by atoms with E-state index in [1.54, 1.807) is 18.6 Å². The number of piperidine rings is 1. The Morgan fingerprint density at radius 2 is 2.35 bits per heavy atom. The summed E-state index contributed by atoms with van der Waals surface area (Å²) in [7, 11) is 0. The Bertz CT molecular complexity index is 432. The maximum Gasteiger partial charge on any atom is 0.222 e. The van der Waals surface area contributed by atoms with Crippen LogP contribution in [0.25, 0.3) is 0 Å². The summed E-state index contributed by atoms with van der Waals surface area (Å²) >= 11 is 0. The quantitative estimate of drug-likeness (QED) is 0.884. The molecule has 1 amide bonds. The monoisotopic (exact) mass is 277 g/mol. The van der Waals surface area contributed by atoms with Gasteiger partial charge in [0, 0.05) is 43.5 Å². The average molecular weight is 277 g/mol. The first-order valence-electron chi connectivity index (χ1n) is 7.33. The topological polar surface area (TPSA) is 66.3 Å². The van der Waals surface area contributed by atoms with Crippen LogP contribution in [0.2, 0.25) is 0 Å². The number of amides is 1. The summed E-state index contributed by atoms with van der Waals surface area (Å²) in [6.07, 6.45) is 8.97. The van der Waals surface area contributed by atoms with Crippen LogP contribution in [0.4, 0.5) is 0 Å². The van der Waals surface area contributed by atoms with Crippen LogP contribution in [0, 0.1) is 5.41 Å². The van der Waals surface area contributed by atoms with E-state index in [9.17, 15) is 9.90 Å². The Hall–Kier alpha value is -1.49. The molecule has 5 nitrogen and oxygen atoms in total. The molecule has 1 N–H and O–H groups in total. The molecule has 1 aromatic rings. The average Bonchev–Trinajstić information content (AvgIpc) is 2.53. The first-order chi connectivity index (χ1) is 9.69. The molecule has 0 radical (unpaired) electrons. The number of aryl methyl sites for hydroxylation is 1. The highest BCUT2D eigenvalue weighted by molar-refractivity contribution is 5.76. The first-order valence-corrected chi connectivity index (χ1v) is 7.33. The second kappa shape index (κ2) is 6.79. The Balaban J connectivity index is 1.89. The lowest BCUT2D eigenvalue weighted by atomic mass is 9.78. The highest BCUT2D eigenvalue weighted by Gasteiger charge is 2.34. The fourth-order valence-electron chi connectivity index (χ4n) is 2.80. The van der Waals surface area contributed by atoms with Crippen molar-refractivity contribution in [3.8, 4) is 0 Å². The van der Waals surface area contributed by atoms with Crippen molar-refractivity contribution in [1.29, 1.82) is 0 Å². The van der Waals surface area contributed by atoms with Crippen molar-refractivity contribution in [2.45, 2.75) is 39.0 Å². The number of carbonyl (C=O) groups excluding carboxylic acids is 1. The molecular weight excluding hydrogens is 254 g/mol. The van der Waals surface area contributed by atoms with E-state index in [0.29, 0.717) is 19.4 Å². The number of nitrogens with zero attached hydrogens (tertiary/aromatic N) is 3. The van der Waals surface area contributed by atoms with Crippen LogP contribution in [0.1, 0.15) is 38.3 Å². The molecule has 20 heavy (non-hydrogen) atoms. The van der Waals surface area contributed by atoms with Gasteiger partial charge in [0.05, 0.1) is 12.3 Å². The van der Waals surface area contributed by atoms with Crippen LogP contribution < -0.4 is 0 Å². The molecular formula is C15H23N3O2. The molecule has 2 rings (SSSR count). The SMILES string of the molecule is CCC1(CO)CCCN(C(=O)CCc2cnccn2)C1. The Morgan fingerprint density at radius 3 is 3.00 bits per heavy atom. The molecule has 0 aromatic carbocycles. The molecule has 1 saturated heterocycles. The van der Waals surface area contributed by atoms with Crippen molar-refractivity contribution in [2.24, 2.45) is 5.41 Å². The standard InChI is InChI=1S/C15H23N3O2/c1-2-15(12-19)6-3-9-18(11-15)14(20)5-4-13-10-16-7-8-17-13/h7-8,10,19H,2-6,9,11-12H2,1H3. The van der Waals surface area contributed by atoms with E-state index in [2.05, 4.69) is 16.9 Å². The molecule has 5 heteroatoms. The van der Waals surface area contributed by atoms with Crippen LogP contribution >= 0.6 is 0 Å². The number of rotatable bonds is 5. The van der Waals surface area contributed by atoms with E-state index in [1.807, 2.05) is 4.90 Å². The third kappa shape index (κ3) is 3.54. The molecule has 1 aliphatic heterocycles. The number of aliphatic hydroxyl groups is 1. The predicted octanol–water partition coefficient (Wildman–Crippen LogP) is 1.42. The van der Waals surface area contributed by atoms with Crippen molar-refractivity contribution in [3.05, 3.63) is 24.3 Å². The molecule has 1 aromatic heterocycles. The number of aliphatic hydroxyl groups excluding tert-OH is 1. The lowest BCUT2D eigenvalue weighted by Crippen LogP contribution is -2.47. The third-order valence-electron chi connectivity index (χ3n) is 4.31. The maximum atomic E-state index is 12.3. The molecule has 1 unspecified atom stereocenters. The lowest BCUT2D eigenvalue weighted by Gasteiger charge is -2.41. The summed E-state index contributed by atoms with van der Waals surface area (Å²) < 4.78 is 0. The van der Waals surface area contributed by atoms with Crippen molar-refractivity contribution in [1.82, 2.24) is 14.9 Å². The van der Waals surface area contributed by atoms with Crippen molar-refractivity contribution in [2.75, 3.05) is 19.7 Å². The van der Waals surface area contributed by atoms with Crippen LogP contribution in [0.5, 0.6) is 0 Å². The minimum atomic E-state index is -0.0968. The summed E-state index contributed by atoms with van der Waals surface area (Å²) in [6, 6.07) is 0. The zero-order valence-corrected chi connectivity index (χ0v) is 12.1. The summed E-state index contributed by atoms with van der Waals surface area (Å²) in [5, 5.41) is 9.59. The lowest BCUT2D eigenvalue weighted by molar-refractivity contribution is -0.135. The number of carbonyl (C=O) groups is 1. The van der Waals surface area contributed by atoms with Gasteiger partial charge in [-0.15, -0.1) is 0 Å². The number of hydrogen-bond acceptors (Lipinski definition) is 4. The van der Waals surface area contributed by atoms with Crippen LogP contribution in [0.3, 0.4) is 0 Å². The van der Waals surface area contributed by atoms with Crippen LogP contribution in [-0.4, -0.2) is 45.6 Å². The highest BCUT2D eigenvalue weighted by Crippen LogP contribution is 2.32. The van der Waals surface area contributed by atoms with Gasteiger partial charge in [-0.05, 0) is 25.7 Å². The van der Waals surface area contributed by atoms with E-state index >= 15 is 0 Å². The summed E-state index contributed by atoms with van der Waals surface area (Å²) in [4.78, 5) is 22.4. The zero-order valence-electron chi connectivity index (χ0n) is 12.1. The predicted molar refractivity (Wildman–Crippen MR) is 76.0 cm³/mol. The van der Waals surface area contributed by atoms with Crippen LogP contribution in [0.15, 0.2) is 18.6 Å². The van der Waals surface area contributed by atoms with Gasteiger partial charge < -0.3 is 10.0 Å². The van der Waals surface area contributed by atoms with Gasteiger partial charge in [0.1, 0.15) is 0 Å². The van der Waals surface area contributed by atoms with E-state index in [-0.39, 0.29) is 17.9 Å². The van der Waals surface area contributed by atoms with E-state index in [0.717, 1.165) is 31.5 Å². The smallest absolute Gasteiger partial charge is 0.222 e. The largest absolute Gasteiger partial charge is 0.396 e. The number of likely N-dealkylation sites (tertiary alicyclic amines) is 1. The van der Waals surface area contributed by atoms with Crippen molar-refractivity contribution in [3.63, 3.8) is 0 Å².